The van der Waals surface area contributed by atoms with Gasteiger partial charge in [-0.1, -0.05) is 5.16 Å². The minimum atomic E-state index is 0.0598. The molecule has 2 fully saturated rings. The molecule has 28 heavy (non-hydrogen) atoms. The van der Waals surface area contributed by atoms with Crippen molar-refractivity contribution >= 4 is 11.8 Å². The highest BCUT2D eigenvalue weighted by Gasteiger charge is 2.28. The SMILES string of the molecule is CN(C)C(=O)N1CCC(c2nc(-c3ccc(N4CCCCC4)nc3)no2)CC1. The van der Waals surface area contributed by atoms with Gasteiger partial charge >= 0.3 is 6.03 Å². The van der Waals surface area contributed by atoms with Gasteiger partial charge in [0, 0.05) is 58.0 Å². The minimum Gasteiger partial charge on any atom is -0.357 e. The molecule has 4 rings (SSSR count). The smallest absolute Gasteiger partial charge is 0.319 e. The van der Waals surface area contributed by atoms with E-state index in [1.165, 1.54) is 19.3 Å². The lowest BCUT2D eigenvalue weighted by Gasteiger charge is -2.32. The van der Waals surface area contributed by atoms with Crippen molar-refractivity contribution in [3.05, 3.63) is 24.2 Å². The molecule has 0 N–H and O–H groups in total. The van der Waals surface area contributed by atoms with E-state index in [9.17, 15) is 4.79 Å². The summed E-state index contributed by atoms with van der Waals surface area (Å²) >= 11 is 0. The van der Waals surface area contributed by atoms with Crippen LogP contribution in [0.4, 0.5) is 10.6 Å². The summed E-state index contributed by atoms with van der Waals surface area (Å²) in [5.41, 5.74) is 0.871. The summed E-state index contributed by atoms with van der Waals surface area (Å²) in [7, 11) is 3.56. The van der Waals surface area contributed by atoms with Crippen LogP contribution in [-0.2, 0) is 0 Å². The van der Waals surface area contributed by atoms with Crippen molar-refractivity contribution in [1.29, 1.82) is 0 Å². The van der Waals surface area contributed by atoms with Gasteiger partial charge in [-0.3, -0.25) is 0 Å². The molecule has 2 aliphatic heterocycles. The Labute approximate surface area is 165 Å². The summed E-state index contributed by atoms with van der Waals surface area (Å²) in [6, 6.07) is 4.12. The molecule has 2 aromatic rings. The van der Waals surface area contributed by atoms with Gasteiger partial charge in [0.2, 0.25) is 11.7 Å². The van der Waals surface area contributed by atoms with Gasteiger partial charge in [-0.05, 0) is 44.2 Å². The number of pyridine rings is 1. The number of hydrogen-bond donors (Lipinski definition) is 0. The van der Waals surface area contributed by atoms with E-state index in [0.29, 0.717) is 24.8 Å². The van der Waals surface area contributed by atoms with Gasteiger partial charge in [0.15, 0.2) is 0 Å². The number of hydrogen-bond acceptors (Lipinski definition) is 6. The summed E-state index contributed by atoms with van der Waals surface area (Å²) < 4.78 is 5.54. The Hall–Kier alpha value is -2.64. The van der Waals surface area contributed by atoms with Crippen LogP contribution in [0.3, 0.4) is 0 Å². The van der Waals surface area contributed by atoms with Crippen molar-refractivity contribution in [2.75, 3.05) is 45.2 Å². The van der Waals surface area contributed by atoms with Gasteiger partial charge in [0.1, 0.15) is 5.82 Å². The van der Waals surface area contributed by atoms with Crippen LogP contribution in [0.5, 0.6) is 0 Å². The molecule has 0 aliphatic carbocycles. The van der Waals surface area contributed by atoms with Crippen molar-refractivity contribution < 1.29 is 9.32 Å². The van der Waals surface area contributed by atoms with Gasteiger partial charge in [-0.2, -0.15) is 4.98 Å². The number of urea groups is 1. The summed E-state index contributed by atoms with van der Waals surface area (Å²) in [6.45, 7) is 3.58. The Morgan fingerprint density at radius 2 is 1.86 bits per heavy atom. The fourth-order valence-corrected chi connectivity index (χ4v) is 3.95. The number of aromatic nitrogens is 3. The second kappa shape index (κ2) is 8.16. The zero-order valence-electron chi connectivity index (χ0n) is 16.7. The number of likely N-dealkylation sites (tertiary alicyclic amines) is 1. The molecular formula is C20H28N6O2. The summed E-state index contributed by atoms with van der Waals surface area (Å²) in [6.07, 6.45) is 7.29. The minimum absolute atomic E-state index is 0.0598. The van der Waals surface area contributed by atoms with E-state index in [2.05, 4.69) is 20.0 Å². The molecule has 0 aromatic carbocycles. The lowest BCUT2D eigenvalue weighted by atomic mass is 9.97. The van der Waals surface area contributed by atoms with Crippen molar-refractivity contribution in [3.8, 4) is 11.4 Å². The Morgan fingerprint density at radius 3 is 2.50 bits per heavy atom. The van der Waals surface area contributed by atoms with Crippen LogP contribution in [-0.4, -0.2) is 71.2 Å². The number of nitrogens with zero attached hydrogens (tertiary/aromatic N) is 6. The van der Waals surface area contributed by atoms with E-state index in [4.69, 9.17) is 4.52 Å². The molecule has 2 aliphatic rings. The first-order valence-electron chi connectivity index (χ1n) is 10.1. The van der Waals surface area contributed by atoms with Crippen LogP contribution in [0.1, 0.15) is 43.9 Å². The monoisotopic (exact) mass is 384 g/mol. The predicted octanol–water partition coefficient (Wildman–Crippen LogP) is 2.98. The molecule has 8 heteroatoms. The number of carbonyl (C=O) groups excluding carboxylic acids is 1. The van der Waals surface area contributed by atoms with Gasteiger partial charge in [0.05, 0.1) is 0 Å². The van der Waals surface area contributed by atoms with Crippen LogP contribution in [0.15, 0.2) is 22.9 Å². The highest BCUT2D eigenvalue weighted by Crippen LogP contribution is 2.29. The second-order valence-electron chi connectivity index (χ2n) is 7.85. The van der Waals surface area contributed by atoms with Crippen LogP contribution < -0.4 is 4.90 Å². The molecule has 0 saturated carbocycles. The number of piperidine rings is 2. The van der Waals surface area contributed by atoms with E-state index < -0.39 is 0 Å². The zero-order chi connectivity index (χ0) is 19.5. The average molecular weight is 384 g/mol. The van der Waals surface area contributed by atoms with Crippen LogP contribution >= 0.6 is 0 Å². The highest BCUT2D eigenvalue weighted by atomic mass is 16.5. The third kappa shape index (κ3) is 3.95. The molecule has 4 heterocycles. The number of carbonyl (C=O) groups is 1. The molecule has 0 unspecified atom stereocenters. The molecular weight excluding hydrogens is 356 g/mol. The van der Waals surface area contributed by atoms with Gasteiger partial charge < -0.3 is 19.2 Å². The van der Waals surface area contributed by atoms with Crippen molar-refractivity contribution in [2.45, 2.75) is 38.0 Å². The number of anilines is 1. The average Bonchev–Trinajstić information content (AvgIpc) is 3.24. The van der Waals surface area contributed by atoms with Crippen molar-refractivity contribution in [2.24, 2.45) is 0 Å². The van der Waals surface area contributed by atoms with Crippen molar-refractivity contribution in [3.63, 3.8) is 0 Å². The quantitative estimate of drug-likeness (QED) is 0.809. The largest absolute Gasteiger partial charge is 0.357 e. The van der Waals surface area contributed by atoms with E-state index in [1.807, 2.05) is 23.2 Å². The molecule has 0 spiro atoms. The Balaban J connectivity index is 1.39. The molecule has 2 aromatic heterocycles. The molecule has 0 bridgehead atoms. The molecule has 150 valence electrons. The van der Waals surface area contributed by atoms with Gasteiger partial charge in [-0.25, -0.2) is 9.78 Å². The Morgan fingerprint density at radius 1 is 1.11 bits per heavy atom. The van der Waals surface area contributed by atoms with E-state index >= 15 is 0 Å². The lowest BCUT2D eigenvalue weighted by molar-refractivity contribution is 0.152. The fraction of sp³-hybridized carbons (Fsp3) is 0.600. The third-order valence-corrected chi connectivity index (χ3v) is 5.63. The first-order valence-corrected chi connectivity index (χ1v) is 10.1. The normalized spacial score (nSPS) is 18.4. The third-order valence-electron chi connectivity index (χ3n) is 5.63. The van der Waals surface area contributed by atoms with E-state index in [-0.39, 0.29) is 11.9 Å². The maximum Gasteiger partial charge on any atom is 0.319 e. The first-order chi connectivity index (χ1) is 13.6. The zero-order valence-corrected chi connectivity index (χ0v) is 16.7. The lowest BCUT2D eigenvalue weighted by Crippen LogP contribution is -2.43. The Bertz CT molecular complexity index is 789. The van der Waals surface area contributed by atoms with Crippen LogP contribution in [0.2, 0.25) is 0 Å². The van der Waals surface area contributed by atoms with Gasteiger partial charge in [0.25, 0.3) is 0 Å². The van der Waals surface area contributed by atoms with Crippen LogP contribution in [0.25, 0.3) is 11.4 Å². The number of amides is 2. The molecule has 0 radical (unpaired) electrons. The molecule has 0 atom stereocenters. The Kier molecular flexibility index (Phi) is 5.45. The maximum atomic E-state index is 12.1. The summed E-state index contributed by atoms with van der Waals surface area (Å²) in [5, 5.41) is 4.16. The van der Waals surface area contributed by atoms with Crippen LogP contribution in [0, 0.1) is 0 Å². The van der Waals surface area contributed by atoms with Gasteiger partial charge in [-0.15, -0.1) is 0 Å². The second-order valence-corrected chi connectivity index (χ2v) is 7.85. The predicted molar refractivity (Wildman–Crippen MR) is 106 cm³/mol. The summed E-state index contributed by atoms with van der Waals surface area (Å²) in [5.74, 6) is 2.46. The standard InChI is InChI=1S/C20H28N6O2/c1-24(2)20(27)26-12-8-15(9-13-26)19-22-18(23-28-19)16-6-7-17(21-14-16)25-10-4-3-5-11-25/h6-7,14-15H,3-5,8-13H2,1-2H3. The van der Waals surface area contributed by atoms with E-state index in [0.717, 1.165) is 37.3 Å². The molecule has 8 nitrogen and oxygen atoms in total. The molecule has 2 amide bonds. The van der Waals surface area contributed by atoms with Crippen molar-refractivity contribution in [1.82, 2.24) is 24.9 Å². The fourth-order valence-electron chi connectivity index (χ4n) is 3.95. The number of rotatable bonds is 3. The van der Waals surface area contributed by atoms with E-state index in [1.54, 1.807) is 19.0 Å². The summed E-state index contributed by atoms with van der Waals surface area (Å²) in [4.78, 5) is 27.1. The maximum absolute atomic E-state index is 12.1. The topological polar surface area (TPSA) is 78.6 Å². The highest BCUT2D eigenvalue weighted by molar-refractivity contribution is 5.73. The first kappa shape index (κ1) is 18.7. The molecule has 2 saturated heterocycles.